The van der Waals surface area contributed by atoms with Crippen molar-refractivity contribution >= 4 is 27.5 Å². The van der Waals surface area contributed by atoms with Crippen LogP contribution in [0, 0.1) is 6.92 Å². The average molecular weight is 598 g/mol. The van der Waals surface area contributed by atoms with Gasteiger partial charge in [-0.05, 0) is 75.2 Å². The molecule has 0 saturated heterocycles. The fourth-order valence-corrected chi connectivity index (χ4v) is 5.81. The maximum absolute atomic E-state index is 14.1. The number of hydrogen-bond acceptors (Lipinski definition) is 7. The molecule has 1 atom stereocenters. The van der Waals surface area contributed by atoms with E-state index < -0.39 is 28.5 Å². The summed E-state index contributed by atoms with van der Waals surface area (Å²) in [6, 6.07) is 17.4. The minimum absolute atomic E-state index is 0.0935. The standard InChI is InChI=1S/C31H39N3O7S/c1-7-32-31(36)23(4)33(20-24-12-10-9-11-22(24)3)30(35)21-34(25-13-15-26(16-14-25)41-8-2)42(37,38)27-17-18-28(39-5)29(19-27)40-6/h9-19,23H,7-8,20-21H2,1-6H3,(H,32,36)/t23-/m0/s1. The van der Waals surface area contributed by atoms with E-state index in [1.54, 1.807) is 38.1 Å². The number of anilines is 1. The number of methoxy groups -OCH3 is 2. The van der Waals surface area contributed by atoms with Gasteiger partial charge in [-0.1, -0.05) is 24.3 Å². The molecular weight excluding hydrogens is 558 g/mol. The molecule has 10 nitrogen and oxygen atoms in total. The second-order valence-electron chi connectivity index (χ2n) is 9.47. The van der Waals surface area contributed by atoms with E-state index in [4.69, 9.17) is 14.2 Å². The SMILES string of the molecule is CCNC(=O)[C@H](C)N(Cc1ccccc1C)C(=O)CN(c1ccc(OCC)cc1)S(=O)(=O)c1ccc(OC)c(OC)c1. The summed E-state index contributed by atoms with van der Waals surface area (Å²) in [5.41, 5.74) is 2.04. The van der Waals surface area contributed by atoms with Crippen LogP contribution in [-0.2, 0) is 26.2 Å². The summed E-state index contributed by atoms with van der Waals surface area (Å²) < 4.78 is 45.4. The van der Waals surface area contributed by atoms with Crippen LogP contribution in [0.3, 0.4) is 0 Å². The molecule has 0 unspecified atom stereocenters. The maximum atomic E-state index is 14.1. The second-order valence-corrected chi connectivity index (χ2v) is 11.3. The highest BCUT2D eigenvalue weighted by Gasteiger charge is 2.33. The molecule has 0 aromatic heterocycles. The molecule has 0 aliphatic heterocycles. The van der Waals surface area contributed by atoms with Crippen molar-refractivity contribution < 1.29 is 32.2 Å². The molecule has 11 heteroatoms. The predicted molar refractivity (Wildman–Crippen MR) is 162 cm³/mol. The van der Waals surface area contributed by atoms with E-state index in [0.717, 1.165) is 15.4 Å². The number of sulfonamides is 1. The number of nitrogens with zero attached hydrogens (tertiary/aromatic N) is 2. The number of carbonyl (C=O) groups is 2. The van der Waals surface area contributed by atoms with Gasteiger partial charge in [0.25, 0.3) is 10.0 Å². The highest BCUT2D eigenvalue weighted by molar-refractivity contribution is 7.92. The number of hydrogen-bond donors (Lipinski definition) is 1. The van der Waals surface area contributed by atoms with Gasteiger partial charge in [0.2, 0.25) is 11.8 Å². The first-order valence-electron chi connectivity index (χ1n) is 13.7. The van der Waals surface area contributed by atoms with Crippen LogP contribution in [0.2, 0.25) is 0 Å². The molecule has 0 radical (unpaired) electrons. The molecule has 0 fully saturated rings. The summed E-state index contributed by atoms with van der Waals surface area (Å²) in [6.45, 7) is 7.59. The highest BCUT2D eigenvalue weighted by Crippen LogP contribution is 2.33. The van der Waals surface area contributed by atoms with Gasteiger partial charge in [-0.25, -0.2) is 8.42 Å². The van der Waals surface area contributed by atoms with Gasteiger partial charge in [-0.2, -0.15) is 0 Å². The van der Waals surface area contributed by atoms with Gasteiger partial charge in [0, 0.05) is 19.2 Å². The fraction of sp³-hybridized carbons (Fsp3) is 0.355. The van der Waals surface area contributed by atoms with Crippen LogP contribution in [0.25, 0.3) is 0 Å². The smallest absolute Gasteiger partial charge is 0.264 e. The maximum Gasteiger partial charge on any atom is 0.264 e. The molecular formula is C31H39N3O7S. The van der Waals surface area contributed by atoms with Crippen LogP contribution < -0.4 is 23.8 Å². The van der Waals surface area contributed by atoms with Crippen LogP contribution >= 0.6 is 0 Å². The summed E-state index contributed by atoms with van der Waals surface area (Å²) in [4.78, 5) is 28.2. The van der Waals surface area contributed by atoms with Crippen molar-refractivity contribution in [3.63, 3.8) is 0 Å². The Morgan fingerprint density at radius 3 is 2.19 bits per heavy atom. The molecule has 0 aliphatic rings. The van der Waals surface area contributed by atoms with Crippen molar-refractivity contribution in [1.82, 2.24) is 10.2 Å². The molecule has 3 rings (SSSR count). The number of amides is 2. The molecule has 0 spiro atoms. The average Bonchev–Trinajstić information content (AvgIpc) is 2.99. The molecule has 1 N–H and O–H groups in total. The summed E-state index contributed by atoms with van der Waals surface area (Å²) >= 11 is 0. The molecule has 0 bridgehead atoms. The third-order valence-electron chi connectivity index (χ3n) is 6.78. The second kappa shape index (κ2) is 14.6. The van der Waals surface area contributed by atoms with Crippen molar-refractivity contribution in [2.24, 2.45) is 0 Å². The van der Waals surface area contributed by atoms with E-state index in [1.165, 1.54) is 37.3 Å². The van der Waals surface area contributed by atoms with Crippen LogP contribution in [0.5, 0.6) is 17.2 Å². The topological polar surface area (TPSA) is 114 Å². The van der Waals surface area contributed by atoms with Crippen molar-refractivity contribution in [2.45, 2.75) is 45.2 Å². The lowest BCUT2D eigenvalue weighted by molar-refractivity contribution is -0.139. The predicted octanol–water partition coefficient (Wildman–Crippen LogP) is 4.16. The lowest BCUT2D eigenvalue weighted by Crippen LogP contribution is -2.51. The number of rotatable bonds is 14. The normalized spacial score (nSPS) is 11.8. The first-order valence-corrected chi connectivity index (χ1v) is 15.1. The van der Waals surface area contributed by atoms with E-state index in [1.807, 2.05) is 38.1 Å². The molecule has 3 aromatic carbocycles. The first-order chi connectivity index (χ1) is 20.1. The van der Waals surface area contributed by atoms with E-state index in [0.29, 0.717) is 24.7 Å². The highest BCUT2D eigenvalue weighted by atomic mass is 32.2. The largest absolute Gasteiger partial charge is 0.494 e. The first kappa shape index (κ1) is 32.3. The Morgan fingerprint density at radius 2 is 1.60 bits per heavy atom. The zero-order valence-corrected chi connectivity index (χ0v) is 25.7. The van der Waals surface area contributed by atoms with Crippen LogP contribution in [0.15, 0.2) is 71.6 Å². The lowest BCUT2D eigenvalue weighted by atomic mass is 10.1. The number of aryl methyl sites for hydroxylation is 1. The number of likely N-dealkylation sites (N-methyl/N-ethyl adjacent to an activating group) is 1. The molecule has 0 saturated carbocycles. The van der Waals surface area contributed by atoms with Gasteiger partial charge in [-0.15, -0.1) is 0 Å². The van der Waals surface area contributed by atoms with Gasteiger partial charge in [0.05, 0.1) is 31.4 Å². The minimum Gasteiger partial charge on any atom is -0.494 e. The van der Waals surface area contributed by atoms with Crippen molar-refractivity contribution in [2.75, 3.05) is 38.2 Å². The summed E-state index contributed by atoms with van der Waals surface area (Å²) in [7, 11) is -1.43. The quantitative estimate of drug-likeness (QED) is 0.297. The Labute approximate surface area is 248 Å². The van der Waals surface area contributed by atoms with E-state index in [9.17, 15) is 18.0 Å². The summed E-state index contributed by atoms with van der Waals surface area (Å²) in [5, 5.41) is 2.76. The van der Waals surface area contributed by atoms with Crippen molar-refractivity contribution in [3.8, 4) is 17.2 Å². The van der Waals surface area contributed by atoms with E-state index in [-0.39, 0.29) is 28.8 Å². The van der Waals surface area contributed by atoms with E-state index >= 15 is 0 Å². The van der Waals surface area contributed by atoms with Crippen molar-refractivity contribution in [1.29, 1.82) is 0 Å². The fourth-order valence-electron chi connectivity index (χ4n) is 4.38. The third-order valence-corrected chi connectivity index (χ3v) is 8.55. The Morgan fingerprint density at radius 1 is 0.929 bits per heavy atom. The minimum atomic E-state index is -4.29. The zero-order chi connectivity index (χ0) is 30.9. The monoisotopic (exact) mass is 597 g/mol. The molecule has 42 heavy (non-hydrogen) atoms. The van der Waals surface area contributed by atoms with Crippen LogP contribution in [0.1, 0.15) is 31.9 Å². The van der Waals surface area contributed by atoms with Gasteiger partial charge in [0.15, 0.2) is 11.5 Å². The third kappa shape index (κ3) is 7.52. The summed E-state index contributed by atoms with van der Waals surface area (Å²) in [6.07, 6.45) is 0. The van der Waals surface area contributed by atoms with Crippen LogP contribution in [-0.4, -0.2) is 65.1 Å². The van der Waals surface area contributed by atoms with Crippen LogP contribution in [0.4, 0.5) is 5.69 Å². The molecule has 3 aromatic rings. The Balaban J connectivity index is 2.09. The van der Waals surface area contributed by atoms with E-state index in [2.05, 4.69) is 5.32 Å². The van der Waals surface area contributed by atoms with Crippen molar-refractivity contribution in [3.05, 3.63) is 77.9 Å². The van der Waals surface area contributed by atoms with Gasteiger partial charge < -0.3 is 24.4 Å². The molecule has 226 valence electrons. The number of ether oxygens (including phenoxy) is 3. The number of carbonyl (C=O) groups excluding carboxylic acids is 2. The summed E-state index contributed by atoms with van der Waals surface area (Å²) in [5.74, 6) is 0.259. The Hall–Kier alpha value is -4.25. The zero-order valence-electron chi connectivity index (χ0n) is 24.9. The number of benzene rings is 3. The molecule has 0 heterocycles. The Kier molecular flexibility index (Phi) is 11.2. The van der Waals surface area contributed by atoms with Gasteiger partial charge in [-0.3, -0.25) is 13.9 Å². The molecule has 2 amide bonds. The van der Waals surface area contributed by atoms with Gasteiger partial charge >= 0.3 is 0 Å². The Bertz CT molecular complexity index is 1480. The molecule has 0 aliphatic carbocycles. The van der Waals surface area contributed by atoms with Gasteiger partial charge in [0.1, 0.15) is 18.3 Å². The lowest BCUT2D eigenvalue weighted by Gasteiger charge is -2.32. The number of nitrogens with one attached hydrogen (secondary N) is 1.